The molecule has 0 aliphatic carbocycles. The number of thiazole rings is 1. The van der Waals surface area contributed by atoms with Gasteiger partial charge in [-0.1, -0.05) is 11.6 Å². The molecule has 2 heterocycles. The van der Waals surface area contributed by atoms with Crippen molar-refractivity contribution >= 4 is 28.6 Å². The van der Waals surface area contributed by atoms with E-state index in [1.807, 2.05) is 24.3 Å². The van der Waals surface area contributed by atoms with Gasteiger partial charge in [0.2, 0.25) is 0 Å². The van der Waals surface area contributed by atoms with Gasteiger partial charge in [-0.05, 0) is 29.5 Å². The van der Waals surface area contributed by atoms with Crippen LogP contribution in [0.25, 0.3) is 5.69 Å². The Morgan fingerprint density at radius 2 is 2.11 bits per heavy atom. The van der Waals surface area contributed by atoms with Crippen molar-refractivity contribution in [2.75, 3.05) is 5.32 Å². The third kappa shape index (κ3) is 2.88. The molecule has 0 spiro atoms. The van der Waals surface area contributed by atoms with Crippen molar-refractivity contribution in [1.29, 1.82) is 0 Å². The molecule has 96 valence electrons. The summed E-state index contributed by atoms with van der Waals surface area (Å²) in [6.45, 7) is 0.700. The minimum Gasteiger partial charge on any atom is -0.380 e. The van der Waals surface area contributed by atoms with E-state index in [0.29, 0.717) is 11.0 Å². The topological polar surface area (TPSA) is 68.5 Å². The molecular formula is C11H9ClN6S. The van der Waals surface area contributed by atoms with Gasteiger partial charge in [0.1, 0.15) is 0 Å². The first kappa shape index (κ1) is 12.1. The molecule has 0 atom stereocenters. The number of halogens is 1. The zero-order chi connectivity index (χ0) is 13.1. The second-order valence-electron chi connectivity index (χ2n) is 3.71. The molecule has 0 unspecified atom stereocenters. The lowest BCUT2D eigenvalue weighted by Gasteiger charge is -2.05. The van der Waals surface area contributed by atoms with Crippen LogP contribution < -0.4 is 5.32 Å². The van der Waals surface area contributed by atoms with Crippen LogP contribution in [0.2, 0.25) is 4.47 Å². The number of aromatic nitrogens is 5. The summed E-state index contributed by atoms with van der Waals surface area (Å²) in [4.78, 5) is 6.55. The summed E-state index contributed by atoms with van der Waals surface area (Å²) < 4.78 is 0.560. The Kier molecular flexibility index (Phi) is 3.39. The van der Waals surface area contributed by atoms with Gasteiger partial charge in [0.05, 0.1) is 12.2 Å². The van der Waals surface area contributed by atoms with Gasteiger partial charge in [0.15, 0.2) is 10.8 Å². The van der Waals surface area contributed by atoms with Crippen molar-refractivity contribution in [2.24, 2.45) is 0 Å². The molecule has 0 aliphatic heterocycles. The van der Waals surface area contributed by atoms with Crippen LogP contribution in [-0.4, -0.2) is 25.2 Å². The Morgan fingerprint density at radius 3 is 2.74 bits per heavy atom. The van der Waals surface area contributed by atoms with Crippen LogP contribution in [0.1, 0.15) is 4.88 Å². The molecule has 6 nitrogen and oxygen atoms in total. The molecule has 0 aliphatic rings. The first-order valence-corrected chi connectivity index (χ1v) is 6.68. The second kappa shape index (κ2) is 5.33. The lowest BCUT2D eigenvalue weighted by atomic mass is 10.3. The smallest absolute Gasteiger partial charge is 0.183 e. The second-order valence-corrected chi connectivity index (χ2v) is 5.40. The van der Waals surface area contributed by atoms with E-state index in [-0.39, 0.29) is 0 Å². The highest BCUT2D eigenvalue weighted by Crippen LogP contribution is 2.19. The molecule has 2 aromatic heterocycles. The zero-order valence-electron chi connectivity index (χ0n) is 9.69. The Bertz CT molecular complexity index is 648. The van der Waals surface area contributed by atoms with Crippen molar-refractivity contribution in [3.63, 3.8) is 0 Å². The Morgan fingerprint density at radius 1 is 1.26 bits per heavy atom. The number of hydrogen-bond donors (Lipinski definition) is 1. The van der Waals surface area contributed by atoms with Crippen LogP contribution in [0.5, 0.6) is 0 Å². The largest absolute Gasteiger partial charge is 0.380 e. The standard InChI is InChI=1S/C11H9ClN6S/c12-11-14-6-10(19-11)5-13-8-1-3-9(4-2-8)18-16-7-15-17-18/h1-4,6-7,13H,5H2. The van der Waals surface area contributed by atoms with Gasteiger partial charge in [-0.3, -0.25) is 0 Å². The van der Waals surface area contributed by atoms with E-state index in [1.54, 1.807) is 6.20 Å². The third-order valence-corrected chi connectivity index (χ3v) is 3.55. The molecule has 3 rings (SSSR count). The van der Waals surface area contributed by atoms with E-state index in [9.17, 15) is 0 Å². The fourth-order valence-corrected chi connectivity index (χ4v) is 2.47. The molecule has 8 heteroatoms. The Labute approximate surface area is 118 Å². The SMILES string of the molecule is Clc1ncc(CNc2ccc(-n3ncnn3)cc2)s1. The van der Waals surface area contributed by atoms with Gasteiger partial charge >= 0.3 is 0 Å². The fraction of sp³-hybridized carbons (Fsp3) is 0.0909. The number of hydrogen-bond acceptors (Lipinski definition) is 6. The van der Waals surface area contributed by atoms with Crippen LogP contribution in [0.3, 0.4) is 0 Å². The van der Waals surface area contributed by atoms with Crippen molar-refractivity contribution in [3.05, 3.63) is 46.1 Å². The lowest BCUT2D eigenvalue weighted by Crippen LogP contribution is -2.00. The molecule has 1 N–H and O–H groups in total. The number of tetrazole rings is 1. The molecule has 0 saturated heterocycles. The molecular weight excluding hydrogens is 284 g/mol. The monoisotopic (exact) mass is 292 g/mol. The maximum Gasteiger partial charge on any atom is 0.183 e. The Hall–Kier alpha value is -1.99. The average Bonchev–Trinajstić information content (AvgIpc) is 3.08. The fourth-order valence-electron chi connectivity index (χ4n) is 1.55. The number of anilines is 1. The van der Waals surface area contributed by atoms with E-state index >= 15 is 0 Å². The molecule has 0 amide bonds. The van der Waals surface area contributed by atoms with Crippen LogP contribution in [0, 0.1) is 0 Å². The molecule has 1 aromatic carbocycles. The normalized spacial score (nSPS) is 10.6. The summed E-state index contributed by atoms with van der Waals surface area (Å²) in [7, 11) is 0. The van der Waals surface area contributed by atoms with E-state index in [1.165, 1.54) is 22.5 Å². The van der Waals surface area contributed by atoms with Gasteiger partial charge in [-0.15, -0.1) is 26.3 Å². The van der Waals surface area contributed by atoms with Gasteiger partial charge in [0, 0.05) is 16.8 Å². The third-order valence-electron chi connectivity index (χ3n) is 2.44. The first-order chi connectivity index (χ1) is 9.31. The van der Waals surface area contributed by atoms with Crippen molar-refractivity contribution < 1.29 is 0 Å². The van der Waals surface area contributed by atoms with Crippen LogP contribution in [-0.2, 0) is 6.54 Å². The minimum atomic E-state index is 0.560. The molecule has 0 radical (unpaired) electrons. The van der Waals surface area contributed by atoms with E-state index in [4.69, 9.17) is 11.6 Å². The van der Waals surface area contributed by atoms with Crippen molar-refractivity contribution in [2.45, 2.75) is 6.54 Å². The molecule has 0 bridgehead atoms. The number of rotatable bonds is 4. The average molecular weight is 293 g/mol. The minimum absolute atomic E-state index is 0.560. The highest BCUT2D eigenvalue weighted by molar-refractivity contribution is 7.15. The maximum absolute atomic E-state index is 5.78. The predicted octanol–water partition coefficient (Wildman–Crippen LogP) is 2.38. The maximum atomic E-state index is 5.78. The predicted molar refractivity (Wildman–Crippen MR) is 73.6 cm³/mol. The highest BCUT2D eigenvalue weighted by atomic mass is 35.5. The summed E-state index contributed by atoms with van der Waals surface area (Å²) >= 11 is 7.24. The van der Waals surface area contributed by atoms with Gasteiger partial charge in [-0.25, -0.2) is 4.98 Å². The molecule has 3 aromatic rings. The summed E-state index contributed by atoms with van der Waals surface area (Å²) in [5.41, 5.74) is 1.87. The number of nitrogens with one attached hydrogen (secondary N) is 1. The van der Waals surface area contributed by atoms with Gasteiger partial charge in [-0.2, -0.15) is 0 Å². The Balaban J connectivity index is 1.66. The summed E-state index contributed by atoms with van der Waals surface area (Å²) in [5, 5.41) is 14.8. The lowest BCUT2D eigenvalue weighted by molar-refractivity contribution is 0.720. The van der Waals surface area contributed by atoms with E-state index in [0.717, 1.165) is 16.3 Å². The quantitative estimate of drug-likeness (QED) is 0.799. The highest BCUT2D eigenvalue weighted by Gasteiger charge is 2.01. The molecule has 0 fully saturated rings. The van der Waals surface area contributed by atoms with Gasteiger partial charge in [0.25, 0.3) is 0 Å². The van der Waals surface area contributed by atoms with Crippen molar-refractivity contribution in [3.8, 4) is 5.69 Å². The molecule has 19 heavy (non-hydrogen) atoms. The molecule has 0 saturated carbocycles. The van der Waals surface area contributed by atoms with E-state index in [2.05, 4.69) is 25.7 Å². The van der Waals surface area contributed by atoms with Crippen LogP contribution in [0.4, 0.5) is 5.69 Å². The summed E-state index contributed by atoms with van der Waals surface area (Å²) in [5.74, 6) is 0. The van der Waals surface area contributed by atoms with Crippen LogP contribution >= 0.6 is 22.9 Å². The van der Waals surface area contributed by atoms with Crippen LogP contribution in [0.15, 0.2) is 36.8 Å². The van der Waals surface area contributed by atoms with Crippen molar-refractivity contribution in [1.82, 2.24) is 25.2 Å². The first-order valence-electron chi connectivity index (χ1n) is 5.49. The van der Waals surface area contributed by atoms with Gasteiger partial charge < -0.3 is 5.32 Å². The zero-order valence-corrected chi connectivity index (χ0v) is 11.3. The summed E-state index contributed by atoms with van der Waals surface area (Å²) in [6.07, 6.45) is 3.17. The van der Waals surface area contributed by atoms with E-state index < -0.39 is 0 Å². The number of benzene rings is 1. The number of nitrogens with zero attached hydrogens (tertiary/aromatic N) is 5. The summed E-state index contributed by atoms with van der Waals surface area (Å²) in [6, 6.07) is 7.76.